The standard InChI is InChI=1S/C25H32O3/c1-4-6-16-25(5-2)17-15-18-9-7-8-10-21(18)22(23(25)26)19-11-13-20(14-12-19)24(27)28-3/h7-14,22-23,26H,4-6,15-17H2,1-3H3/t22-,23-,25-/m1/s1. The molecule has 1 aliphatic carbocycles. The van der Waals surface area contributed by atoms with Crippen LogP contribution in [-0.4, -0.2) is 24.3 Å². The van der Waals surface area contributed by atoms with Crippen molar-refractivity contribution in [2.24, 2.45) is 5.41 Å². The maximum absolute atomic E-state index is 11.8. The van der Waals surface area contributed by atoms with E-state index in [2.05, 4.69) is 38.1 Å². The monoisotopic (exact) mass is 380 g/mol. The van der Waals surface area contributed by atoms with Gasteiger partial charge in [-0.05, 0) is 59.9 Å². The Bertz CT molecular complexity index is 796. The highest BCUT2D eigenvalue weighted by molar-refractivity contribution is 5.89. The Morgan fingerprint density at radius 1 is 1.14 bits per heavy atom. The van der Waals surface area contributed by atoms with E-state index < -0.39 is 6.10 Å². The van der Waals surface area contributed by atoms with Gasteiger partial charge in [-0.3, -0.25) is 0 Å². The lowest BCUT2D eigenvalue weighted by Crippen LogP contribution is -2.38. The molecule has 0 radical (unpaired) electrons. The molecule has 0 saturated heterocycles. The Labute approximate surface area is 168 Å². The first-order valence-electron chi connectivity index (χ1n) is 10.5. The molecule has 3 nitrogen and oxygen atoms in total. The topological polar surface area (TPSA) is 46.5 Å². The molecule has 2 aromatic carbocycles. The molecule has 150 valence electrons. The number of aliphatic hydroxyl groups excluding tert-OH is 1. The maximum atomic E-state index is 11.8. The SMILES string of the molecule is CCCC[C@]1(CC)CCc2ccccc2[C@@H](c2ccc(C(=O)OC)cc2)[C@H]1O. The zero-order valence-electron chi connectivity index (χ0n) is 17.3. The van der Waals surface area contributed by atoms with Crippen LogP contribution < -0.4 is 0 Å². The molecule has 3 rings (SSSR count). The second kappa shape index (κ2) is 8.91. The number of hydrogen-bond acceptors (Lipinski definition) is 3. The van der Waals surface area contributed by atoms with Crippen LogP contribution in [0.5, 0.6) is 0 Å². The number of ether oxygens (including phenoxy) is 1. The molecule has 1 aliphatic rings. The molecular formula is C25H32O3. The normalized spacial score (nSPS) is 24.3. The number of methoxy groups -OCH3 is 1. The molecular weight excluding hydrogens is 348 g/mol. The molecule has 1 N–H and O–H groups in total. The van der Waals surface area contributed by atoms with Gasteiger partial charge < -0.3 is 9.84 Å². The Morgan fingerprint density at radius 3 is 2.50 bits per heavy atom. The predicted octanol–water partition coefficient (Wildman–Crippen LogP) is 5.50. The lowest BCUT2D eigenvalue weighted by molar-refractivity contribution is -0.00156. The molecule has 0 saturated carbocycles. The highest BCUT2D eigenvalue weighted by atomic mass is 16.5. The number of aliphatic hydroxyl groups is 1. The average molecular weight is 381 g/mol. The summed E-state index contributed by atoms with van der Waals surface area (Å²) in [6.07, 6.45) is 5.86. The highest BCUT2D eigenvalue weighted by Gasteiger charge is 2.43. The van der Waals surface area contributed by atoms with Crippen molar-refractivity contribution in [2.45, 2.75) is 64.4 Å². The minimum absolute atomic E-state index is 0.0813. The summed E-state index contributed by atoms with van der Waals surface area (Å²) in [4.78, 5) is 11.8. The molecule has 28 heavy (non-hydrogen) atoms. The van der Waals surface area contributed by atoms with E-state index in [1.807, 2.05) is 12.1 Å². The zero-order valence-corrected chi connectivity index (χ0v) is 17.3. The van der Waals surface area contributed by atoms with Gasteiger partial charge in [0.05, 0.1) is 18.8 Å². The van der Waals surface area contributed by atoms with Crippen molar-refractivity contribution in [1.29, 1.82) is 0 Å². The Hall–Kier alpha value is -2.13. The summed E-state index contributed by atoms with van der Waals surface area (Å²) < 4.78 is 4.83. The van der Waals surface area contributed by atoms with Gasteiger partial charge in [-0.15, -0.1) is 0 Å². The first kappa shape index (κ1) is 20.6. The van der Waals surface area contributed by atoms with Crippen LogP contribution in [-0.2, 0) is 11.2 Å². The summed E-state index contributed by atoms with van der Waals surface area (Å²) in [6, 6.07) is 16.1. The second-order valence-electron chi connectivity index (χ2n) is 8.05. The van der Waals surface area contributed by atoms with E-state index >= 15 is 0 Å². The van der Waals surface area contributed by atoms with Gasteiger partial charge in [0.15, 0.2) is 0 Å². The summed E-state index contributed by atoms with van der Waals surface area (Å²) >= 11 is 0. The summed E-state index contributed by atoms with van der Waals surface area (Å²) in [5, 5.41) is 11.7. The van der Waals surface area contributed by atoms with Gasteiger partial charge >= 0.3 is 5.97 Å². The average Bonchev–Trinajstić information content (AvgIpc) is 2.86. The van der Waals surface area contributed by atoms with Gasteiger partial charge in [-0.25, -0.2) is 4.79 Å². The number of carbonyl (C=O) groups excluding carboxylic acids is 1. The third-order valence-corrected chi connectivity index (χ3v) is 6.65. The van der Waals surface area contributed by atoms with E-state index in [9.17, 15) is 9.90 Å². The Kier molecular flexibility index (Phi) is 6.56. The van der Waals surface area contributed by atoms with Crippen LogP contribution in [0.15, 0.2) is 48.5 Å². The van der Waals surface area contributed by atoms with Crippen LogP contribution in [0.2, 0.25) is 0 Å². The minimum Gasteiger partial charge on any atom is -0.465 e. The molecule has 0 aromatic heterocycles. The molecule has 0 heterocycles. The van der Waals surface area contributed by atoms with Gasteiger partial charge in [-0.2, -0.15) is 0 Å². The number of unbranched alkanes of at least 4 members (excludes halogenated alkanes) is 1. The largest absolute Gasteiger partial charge is 0.465 e. The molecule has 3 atom stereocenters. The van der Waals surface area contributed by atoms with Crippen LogP contribution in [0.3, 0.4) is 0 Å². The second-order valence-corrected chi connectivity index (χ2v) is 8.05. The van der Waals surface area contributed by atoms with E-state index in [4.69, 9.17) is 4.74 Å². The van der Waals surface area contributed by atoms with Gasteiger partial charge in [0, 0.05) is 5.92 Å². The summed E-state index contributed by atoms with van der Waals surface area (Å²) in [5.74, 6) is -0.415. The first-order chi connectivity index (χ1) is 13.6. The van der Waals surface area contributed by atoms with Gasteiger partial charge in [0.1, 0.15) is 0 Å². The number of carbonyl (C=O) groups is 1. The number of fused-ring (bicyclic) bond motifs is 1. The van der Waals surface area contributed by atoms with E-state index in [1.54, 1.807) is 12.1 Å². The molecule has 0 fully saturated rings. The minimum atomic E-state index is -0.448. The van der Waals surface area contributed by atoms with Crippen LogP contribution in [0.25, 0.3) is 0 Å². The smallest absolute Gasteiger partial charge is 0.337 e. The molecule has 0 spiro atoms. The molecule has 0 aliphatic heterocycles. The fourth-order valence-corrected chi connectivity index (χ4v) is 4.79. The molecule has 2 aromatic rings. The van der Waals surface area contributed by atoms with E-state index in [-0.39, 0.29) is 17.3 Å². The lowest BCUT2D eigenvalue weighted by atomic mass is 9.67. The molecule has 3 heteroatoms. The van der Waals surface area contributed by atoms with Crippen LogP contribution >= 0.6 is 0 Å². The number of aryl methyl sites for hydroxylation is 1. The number of rotatable bonds is 6. The van der Waals surface area contributed by atoms with Crippen molar-refractivity contribution in [1.82, 2.24) is 0 Å². The quantitative estimate of drug-likeness (QED) is 0.532. The van der Waals surface area contributed by atoms with Crippen molar-refractivity contribution >= 4 is 5.97 Å². The van der Waals surface area contributed by atoms with Gasteiger partial charge in [-0.1, -0.05) is 63.1 Å². The van der Waals surface area contributed by atoms with Crippen LogP contribution in [0, 0.1) is 5.41 Å². The van der Waals surface area contributed by atoms with Crippen molar-refractivity contribution in [2.75, 3.05) is 7.11 Å². The van der Waals surface area contributed by atoms with E-state index in [0.29, 0.717) is 5.56 Å². The Balaban J connectivity index is 2.07. The third-order valence-electron chi connectivity index (χ3n) is 6.65. The summed E-state index contributed by atoms with van der Waals surface area (Å²) in [7, 11) is 1.39. The van der Waals surface area contributed by atoms with Gasteiger partial charge in [0.25, 0.3) is 0 Å². The van der Waals surface area contributed by atoms with Crippen molar-refractivity contribution in [3.8, 4) is 0 Å². The molecule has 0 amide bonds. The fraction of sp³-hybridized carbons (Fsp3) is 0.480. The zero-order chi connectivity index (χ0) is 20.1. The van der Waals surface area contributed by atoms with E-state index in [0.717, 1.165) is 44.1 Å². The van der Waals surface area contributed by atoms with Gasteiger partial charge in [0.2, 0.25) is 0 Å². The summed E-state index contributed by atoms with van der Waals surface area (Å²) in [6.45, 7) is 4.43. The lowest BCUT2D eigenvalue weighted by Gasteiger charge is -2.40. The number of esters is 1. The third kappa shape index (κ3) is 3.86. The maximum Gasteiger partial charge on any atom is 0.337 e. The molecule has 0 unspecified atom stereocenters. The van der Waals surface area contributed by atoms with Crippen molar-refractivity contribution < 1.29 is 14.6 Å². The number of benzene rings is 2. The van der Waals surface area contributed by atoms with Crippen molar-refractivity contribution in [3.05, 3.63) is 70.8 Å². The summed E-state index contributed by atoms with van der Waals surface area (Å²) in [5.41, 5.74) is 4.06. The fourth-order valence-electron chi connectivity index (χ4n) is 4.79. The number of hydrogen-bond donors (Lipinski definition) is 1. The highest BCUT2D eigenvalue weighted by Crippen LogP contribution is 2.48. The van der Waals surface area contributed by atoms with Crippen LogP contribution in [0.1, 0.15) is 78.9 Å². The van der Waals surface area contributed by atoms with Crippen LogP contribution in [0.4, 0.5) is 0 Å². The Morgan fingerprint density at radius 2 is 1.86 bits per heavy atom. The van der Waals surface area contributed by atoms with E-state index in [1.165, 1.54) is 18.2 Å². The molecule has 0 bridgehead atoms. The van der Waals surface area contributed by atoms with Crippen molar-refractivity contribution in [3.63, 3.8) is 0 Å². The first-order valence-corrected chi connectivity index (χ1v) is 10.5. The predicted molar refractivity (Wildman–Crippen MR) is 113 cm³/mol.